The Labute approximate surface area is 171 Å². The number of hydrogen-bond donors (Lipinski definition) is 0. The standard InChI is InChI=1S/C22H22F4O4/c1-2-3-4-5-15-11-29-18(12-28-15)13-6-8-14(9-7-13)22(27)30-21-19(25)16(23)10-17(24)20(21)26/h6-10,15,18H,2-5,11-12H2,1H3/t15-,18-/m0/s1. The first-order valence-electron chi connectivity index (χ1n) is 9.79. The van der Waals surface area contributed by atoms with Crippen LogP contribution in [0.25, 0.3) is 0 Å². The fourth-order valence-corrected chi connectivity index (χ4v) is 3.15. The van der Waals surface area contributed by atoms with E-state index in [2.05, 4.69) is 11.7 Å². The molecule has 0 radical (unpaired) electrons. The first-order chi connectivity index (χ1) is 14.4. The van der Waals surface area contributed by atoms with Crippen molar-refractivity contribution < 1.29 is 36.6 Å². The van der Waals surface area contributed by atoms with Crippen molar-refractivity contribution in [2.45, 2.75) is 44.8 Å². The Hall–Kier alpha value is -2.45. The van der Waals surface area contributed by atoms with Crippen molar-refractivity contribution in [1.29, 1.82) is 0 Å². The van der Waals surface area contributed by atoms with Gasteiger partial charge in [0.15, 0.2) is 11.6 Å². The molecule has 4 nitrogen and oxygen atoms in total. The van der Waals surface area contributed by atoms with Gasteiger partial charge < -0.3 is 14.2 Å². The van der Waals surface area contributed by atoms with Crippen LogP contribution in [0, 0.1) is 23.3 Å². The Morgan fingerprint density at radius 3 is 2.23 bits per heavy atom. The van der Waals surface area contributed by atoms with E-state index in [4.69, 9.17) is 9.47 Å². The van der Waals surface area contributed by atoms with Crippen molar-refractivity contribution >= 4 is 5.97 Å². The molecule has 1 aliphatic heterocycles. The van der Waals surface area contributed by atoms with Gasteiger partial charge in [-0.2, -0.15) is 8.78 Å². The zero-order chi connectivity index (χ0) is 21.7. The van der Waals surface area contributed by atoms with Crippen molar-refractivity contribution in [3.8, 4) is 5.75 Å². The highest BCUT2D eigenvalue weighted by Gasteiger charge is 2.25. The molecule has 0 N–H and O–H groups in total. The third-order valence-corrected chi connectivity index (χ3v) is 4.88. The van der Waals surface area contributed by atoms with Gasteiger partial charge in [0.2, 0.25) is 17.4 Å². The van der Waals surface area contributed by atoms with E-state index in [-0.39, 0.29) is 23.8 Å². The average Bonchev–Trinajstić information content (AvgIpc) is 2.76. The first-order valence-corrected chi connectivity index (χ1v) is 9.79. The van der Waals surface area contributed by atoms with Gasteiger partial charge in [-0.05, 0) is 24.1 Å². The van der Waals surface area contributed by atoms with Gasteiger partial charge >= 0.3 is 5.97 Å². The molecule has 1 aliphatic rings. The predicted octanol–water partition coefficient (Wildman–Crippen LogP) is 5.50. The second-order valence-electron chi connectivity index (χ2n) is 7.08. The molecule has 0 aliphatic carbocycles. The van der Waals surface area contributed by atoms with Crippen LogP contribution in [-0.2, 0) is 9.47 Å². The number of esters is 1. The van der Waals surface area contributed by atoms with Gasteiger partial charge in [-0.3, -0.25) is 0 Å². The second-order valence-corrected chi connectivity index (χ2v) is 7.08. The summed E-state index contributed by atoms with van der Waals surface area (Å²) < 4.78 is 70.0. The van der Waals surface area contributed by atoms with Gasteiger partial charge in [0, 0.05) is 6.07 Å². The molecule has 2 aromatic rings. The molecule has 162 valence electrons. The summed E-state index contributed by atoms with van der Waals surface area (Å²) in [7, 11) is 0. The Kier molecular flexibility index (Phi) is 7.44. The van der Waals surface area contributed by atoms with Gasteiger partial charge in [0.05, 0.1) is 24.9 Å². The first kappa shape index (κ1) is 22.2. The van der Waals surface area contributed by atoms with E-state index in [1.807, 2.05) is 0 Å². The highest BCUT2D eigenvalue weighted by molar-refractivity contribution is 5.91. The molecule has 1 heterocycles. The van der Waals surface area contributed by atoms with E-state index in [9.17, 15) is 22.4 Å². The molecule has 3 rings (SSSR count). The third kappa shape index (κ3) is 5.17. The molecule has 8 heteroatoms. The maximum Gasteiger partial charge on any atom is 0.343 e. The molecule has 0 bridgehead atoms. The van der Waals surface area contributed by atoms with Crippen molar-refractivity contribution in [3.63, 3.8) is 0 Å². The highest BCUT2D eigenvalue weighted by atomic mass is 19.2. The Bertz CT molecular complexity index is 851. The summed E-state index contributed by atoms with van der Waals surface area (Å²) in [4.78, 5) is 12.1. The summed E-state index contributed by atoms with van der Waals surface area (Å²) in [5.41, 5.74) is 0.712. The summed E-state index contributed by atoms with van der Waals surface area (Å²) in [6.45, 7) is 2.98. The van der Waals surface area contributed by atoms with E-state index in [0.29, 0.717) is 13.2 Å². The van der Waals surface area contributed by atoms with E-state index >= 15 is 0 Å². The number of benzene rings is 2. The van der Waals surface area contributed by atoms with Crippen LogP contribution in [0.5, 0.6) is 5.75 Å². The minimum atomic E-state index is -1.78. The molecule has 0 spiro atoms. The quantitative estimate of drug-likeness (QED) is 0.193. The topological polar surface area (TPSA) is 44.8 Å². The lowest BCUT2D eigenvalue weighted by atomic mass is 10.1. The lowest BCUT2D eigenvalue weighted by Gasteiger charge is -2.30. The monoisotopic (exact) mass is 426 g/mol. The maximum atomic E-state index is 13.7. The highest BCUT2D eigenvalue weighted by Crippen LogP contribution is 2.28. The zero-order valence-electron chi connectivity index (χ0n) is 16.4. The normalized spacial score (nSPS) is 19.0. The van der Waals surface area contributed by atoms with Gasteiger partial charge in [0.25, 0.3) is 0 Å². The second kappa shape index (κ2) is 10.0. The summed E-state index contributed by atoms with van der Waals surface area (Å²) in [5.74, 6) is -9.44. The fraction of sp³-hybridized carbons (Fsp3) is 0.409. The largest absolute Gasteiger partial charge is 0.416 e. The van der Waals surface area contributed by atoms with Crippen LogP contribution < -0.4 is 4.74 Å². The van der Waals surface area contributed by atoms with E-state index in [1.165, 1.54) is 12.1 Å². The number of halogens is 4. The smallest absolute Gasteiger partial charge is 0.343 e. The van der Waals surface area contributed by atoms with Gasteiger partial charge in [-0.25, -0.2) is 13.6 Å². The minimum absolute atomic E-state index is 0.0391. The van der Waals surface area contributed by atoms with E-state index in [1.54, 1.807) is 12.1 Å². The lowest BCUT2D eigenvalue weighted by molar-refractivity contribution is -0.137. The summed E-state index contributed by atoms with van der Waals surface area (Å²) in [5, 5.41) is 0. The summed E-state index contributed by atoms with van der Waals surface area (Å²) in [6.07, 6.45) is 4.08. The summed E-state index contributed by atoms with van der Waals surface area (Å²) >= 11 is 0. The van der Waals surface area contributed by atoms with Crippen LogP contribution in [0.3, 0.4) is 0 Å². The van der Waals surface area contributed by atoms with Crippen molar-refractivity contribution in [1.82, 2.24) is 0 Å². The van der Waals surface area contributed by atoms with E-state index < -0.39 is 35.0 Å². The molecular formula is C22H22F4O4. The molecule has 1 fully saturated rings. The van der Waals surface area contributed by atoms with Gasteiger partial charge in [0.1, 0.15) is 6.10 Å². The molecule has 2 atom stereocenters. The predicted molar refractivity (Wildman–Crippen MR) is 100 cm³/mol. The number of rotatable bonds is 7. The van der Waals surface area contributed by atoms with Gasteiger partial charge in [-0.1, -0.05) is 38.3 Å². The van der Waals surface area contributed by atoms with Crippen molar-refractivity contribution in [2.24, 2.45) is 0 Å². The maximum absolute atomic E-state index is 13.7. The number of ether oxygens (including phenoxy) is 3. The third-order valence-electron chi connectivity index (χ3n) is 4.88. The average molecular weight is 426 g/mol. The zero-order valence-corrected chi connectivity index (χ0v) is 16.4. The number of unbranched alkanes of at least 4 members (excludes halogenated alkanes) is 2. The van der Waals surface area contributed by atoms with Crippen LogP contribution in [-0.4, -0.2) is 25.3 Å². The van der Waals surface area contributed by atoms with Crippen LogP contribution in [0.4, 0.5) is 17.6 Å². The van der Waals surface area contributed by atoms with Crippen molar-refractivity contribution in [2.75, 3.05) is 13.2 Å². The van der Waals surface area contributed by atoms with Crippen LogP contribution >= 0.6 is 0 Å². The molecule has 0 aromatic heterocycles. The molecule has 0 unspecified atom stereocenters. The Morgan fingerprint density at radius 1 is 1.00 bits per heavy atom. The minimum Gasteiger partial charge on any atom is -0.416 e. The number of carbonyl (C=O) groups excluding carboxylic acids is 1. The molecule has 30 heavy (non-hydrogen) atoms. The SMILES string of the molecule is CCCCC[C@H]1CO[C@H](c2ccc(C(=O)Oc3c(F)c(F)cc(F)c3F)cc2)CO1. The molecular weight excluding hydrogens is 404 g/mol. The lowest BCUT2D eigenvalue weighted by Crippen LogP contribution is -2.31. The molecule has 2 aromatic carbocycles. The summed E-state index contributed by atoms with van der Waals surface area (Å²) in [6, 6.07) is 5.98. The van der Waals surface area contributed by atoms with E-state index in [0.717, 1.165) is 31.2 Å². The molecule has 0 saturated carbocycles. The molecule has 0 amide bonds. The molecule has 1 saturated heterocycles. The van der Waals surface area contributed by atoms with Crippen LogP contribution in [0.15, 0.2) is 30.3 Å². The Balaban J connectivity index is 1.61. The van der Waals surface area contributed by atoms with Crippen LogP contribution in [0.2, 0.25) is 0 Å². The van der Waals surface area contributed by atoms with Crippen LogP contribution in [0.1, 0.15) is 54.6 Å². The Morgan fingerprint density at radius 2 is 1.67 bits per heavy atom. The number of carbonyl (C=O) groups is 1. The number of hydrogen-bond acceptors (Lipinski definition) is 4. The van der Waals surface area contributed by atoms with Gasteiger partial charge in [-0.15, -0.1) is 0 Å². The van der Waals surface area contributed by atoms with Crippen molar-refractivity contribution in [3.05, 3.63) is 64.7 Å². The fourth-order valence-electron chi connectivity index (χ4n) is 3.15.